The number of halogens is 2. The average Bonchev–Trinajstić information content (AvgIpc) is 3.43. The molecular formula is C29H19Cl2NO5S. The second kappa shape index (κ2) is 11.2. The van der Waals surface area contributed by atoms with E-state index >= 15 is 0 Å². The number of hydrogen-bond acceptors (Lipinski definition) is 7. The lowest BCUT2D eigenvalue weighted by Gasteiger charge is -2.11. The summed E-state index contributed by atoms with van der Waals surface area (Å²) in [5.74, 6) is -0.435. The van der Waals surface area contributed by atoms with Crippen LogP contribution in [0.4, 0.5) is 0 Å². The van der Waals surface area contributed by atoms with E-state index in [0.29, 0.717) is 28.0 Å². The van der Waals surface area contributed by atoms with Gasteiger partial charge in [-0.25, -0.2) is 14.6 Å². The summed E-state index contributed by atoms with van der Waals surface area (Å²) in [6.45, 7) is 2.15. The zero-order chi connectivity index (χ0) is 26.6. The highest BCUT2D eigenvalue weighted by atomic mass is 35.5. The van der Waals surface area contributed by atoms with Gasteiger partial charge in [0.25, 0.3) is 0 Å². The minimum Gasteiger partial charge on any atom is -0.490 e. The van der Waals surface area contributed by atoms with Gasteiger partial charge in [-0.05, 0) is 54.5 Å². The number of cyclic esters (lactones) is 1. The van der Waals surface area contributed by atoms with Gasteiger partial charge in [0, 0.05) is 21.2 Å². The number of fused-ring (bicyclic) bond motifs is 1. The van der Waals surface area contributed by atoms with E-state index in [2.05, 4.69) is 4.99 Å². The fourth-order valence-corrected chi connectivity index (χ4v) is 5.33. The fraction of sp³-hybridized carbons (Fsp3) is 0.0690. The maximum absolute atomic E-state index is 13.0. The molecule has 9 heteroatoms. The predicted octanol–water partition coefficient (Wildman–Crippen LogP) is 7.84. The van der Waals surface area contributed by atoms with Crippen molar-refractivity contribution in [1.29, 1.82) is 0 Å². The van der Waals surface area contributed by atoms with E-state index in [1.54, 1.807) is 48.6 Å². The van der Waals surface area contributed by atoms with Crippen LogP contribution in [0.5, 0.6) is 11.5 Å². The second-order valence-corrected chi connectivity index (χ2v) is 9.89. The van der Waals surface area contributed by atoms with Gasteiger partial charge in [-0.15, -0.1) is 11.3 Å². The standard InChI is InChI=1S/C29H19Cl2NO5S/c1-2-35-23-15-18(14-21-28(33)37-25(32-21)13-9-17-6-4-3-5-7-17)8-12-22(23)36-29(34)27-26(31)20-11-10-19(30)16-24(20)38-27/h3-16H,2H2,1H3/b13-9+,21-14+. The van der Waals surface area contributed by atoms with E-state index in [-0.39, 0.29) is 22.2 Å². The Morgan fingerprint density at radius 2 is 1.82 bits per heavy atom. The van der Waals surface area contributed by atoms with Gasteiger partial charge >= 0.3 is 11.9 Å². The number of ether oxygens (including phenoxy) is 3. The first-order valence-electron chi connectivity index (χ1n) is 11.5. The van der Waals surface area contributed by atoms with Gasteiger partial charge in [-0.1, -0.05) is 65.7 Å². The Balaban J connectivity index is 1.37. The number of nitrogens with zero attached hydrogens (tertiary/aromatic N) is 1. The normalized spacial score (nSPS) is 14.2. The molecule has 0 radical (unpaired) electrons. The number of carbonyl (C=O) groups excluding carboxylic acids is 2. The molecule has 4 aromatic rings. The molecule has 1 aromatic heterocycles. The summed E-state index contributed by atoms with van der Waals surface area (Å²) in [6, 6.07) is 19.8. The highest BCUT2D eigenvalue weighted by Crippen LogP contribution is 2.38. The van der Waals surface area contributed by atoms with Gasteiger partial charge in [-0.2, -0.15) is 0 Å². The molecule has 0 spiro atoms. The third-order valence-corrected chi connectivity index (χ3v) is 7.28. The highest BCUT2D eigenvalue weighted by Gasteiger charge is 2.23. The van der Waals surface area contributed by atoms with Crippen LogP contribution >= 0.6 is 34.5 Å². The summed E-state index contributed by atoms with van der Waals surface area (Å²) < 4.78 is 17.4. The van der Waals surface area contributed by atoms with Crippen LogP contribution in [0.15, 0.2) is 83.5 Å². The summed E-state index contributed by atoms with van der Waals surface area (Å²) in [5, 5.41) is 1.58. The Bertz CT molecular complexity index is 1640. The molecule has 6 nitrogen and oxygen atoms in total. The van der Waals surface area contributed by atoms with E-state index < -0.39 is 11.9 Å². The molecule has 0 saturated carbocycles. The largest absolute Gasteiger partial charge is 0.490 e. The van der Waals surface area contributed by atoms with Crippen molar-refractivity contribution in [2.24, 2.45) is 4.99 Å². The summed E-state index contributed by atoms with van der Waals surface area (Å²) in [5.41, 5.74) is 1.71. The number of aliphatic imine (C=N–C) groups is 1. The number of carbonyl (C=O) groups is 2. The molecule has 0 bridgehead atoms. The van der Waals surface area contributed by atoms with E-state index in [9.17, 15) is 9.59 Å². The van der Waals surface area contributed by atoms with Crippen molar-refractivity contribution in [2.45, 2.75) is 6.92 Å². The first-order chi connectivity index (χ1) is 18.4. The number of benzene rings is 3. The Morgan fingerprint density at radius 3 is 2.61 bits per heavy atom. The van der Waals surface area contributed by atoms with Crippen LogP contribution in [-0.4, -0.2) is 24.4 Å². The number of rotatable bonds is 7. The van der Waals surface area contributed by atoms with Crippen LogP contribution in [0.1, 0.15) is 27.7 Å². The molecule has 2 heterocycles. The predicted molar refractivity (Wildman–Crippen MR) is 151 cm³/mol. The van der Waals surface area contributed by atoms with Crippen molar-refractivity contribution in [3.8, 4) is 11.5 Å². The maximum Gasteiger partial charge on any atom is 0.363 e. The number of thiophene rings is 1. The molecule has 0 atom stereocenters. The Kier molecular flexibility index (Phi) is 7.60. The maximum atomic E-state index is 13.0. The summed E-state index contributed by atoms with van der Waals surface area (Å²) in [7, 11) is 0. The first kappa shape index (κ1) is 25.7. The van der Waals surface area contributed by atoms with Crippen LogP contribution in [0.25, 0.3) is 22.2 Å². The van der Waals surface area contributed by atoms with E-state index in [1.165, 1.54) is 11.3 Å². The molecule has 1 aliphatic rings. The molecule has 0 aliphatic carbocycles. The number of esters is 2. The third-order valence-electron chi connectivity index (χ3n) is 5.41. The van der Waals surface area contributed by atoms with Crippen molar-refractivity contribution in [3.05, 3.63) is 105 Å². The lowest BCUT2D eigenvalue weighted by molar-refractivity contribution is -0.129. The quantitative estimate of drug-likeness (QED) is 0.130. The molecule has 0 unspecified atom stereocenters. The van der Waals surface area contributed by atoms with Gasteiger partial charge in [0.15, 0.2) is 17.2 Å². The molecule has 0 saturated heterocycles. The zero-order valence-electron chi connectivity index (χ0n) is 19.9. The monoisotopic (exact) mass is 563 g/mol. The van der Waals surface area contributed by atoms with Crippen LogP contribution in [0, 0.1) is 0 Å². The van der Waals surface area contributed by atoms with Gasteiger partial charge < -0.3 is 14.2 Å². The minimum atomic E-state index is -0.613. The van der Waals surface area contributed by atoms with Crippen molar-refractivity contribution in [1.82, 2.24) is 0 Å². The molecule has 0 fully saturated rings. The topological polar surface area (TPSA) is 74.2 Å². The fourth-order valence-electron chi connectivity index (χ4n) is 3.67. The lowest BCUT2D eigenvalue weighted by atomic mass is 10.1. The van der Waals surface area contributed by atoms with Crippen molar-refractivity contribution < 1.29 is 23.8 Å². The summed E-state index contributed by atoms with van der Waals surface area (Å²) in [6.07, 6.45) is 5.02. The van der Waals surface area contributed by atoms with Crippen LogP contribution < -0.4 is 9.47 Å². The molecule has 0 amide bonds. The molecule has 190 valence electrons. The molecule has 1 aliphatic heterocycles. The van der Waals surface area contributed by atoms with Gasteiger partial charge in [0.1, 0.15) is 4.88 Å². The van der Waals surface area contributed by atoms with Gasteiger partial charge in [0.05, 0.1) is 11.6 Å². The van der Waals surface area contributed by atoms with Crippen molar-refractivity contribution in [2.75, 3.05) is 6.61 Å². The van der Waals surface area contributed by atoms with E-state index in [4.69, 9.17) is 37.4 Å². The Labute approximate surface area is 232 Å². The smallest absolute Gasteiger partial charge is 0.363 e. The SMILES string of the molecule is CCOc1cc(/C=C2N=C(/C=C/c3ccccc3)OC/2=O)ccc1OC(=O)c1sc2cc(Cl)ccc2c1Cl. The first-order valence-corrected chi connectivity index (χ1v) is 13.1. The molecule has 5 rings (SSSR count). The Morgan fingerprint density at radius 1 is 1.00 bits per heavy atom. The number of hydrogen-bond donors (Lipinski definition) is 0. The van der Waals surface area contributed by atoms with Crippen LogP contribution in [0.2, 0.25) is 10.0 Å². The van der Waals surface area contributed by atoms with E-state index in [0.717, 1.165) is 15.6 Å². The molecular weight excluding hydrogens is 545 g/mol. The van der Waals surface area contributed by atoms with Crippen LogP contribution in [0.3, 0.4) is 0 Å². The summed E-state index contributed by atoms with van der Waals surface area (Å²) >= 11 is 13.7. The minimum absolute atomic E-state index is 0.139. The molecule has 0 N–H and O–H groups in total. The van der Waals surface area contributed by atoms with Gasteiger partial charge in [-0.3, -0.25) is 0 Å². The Hall–Kier alpha value is -3.91. The molecule has 38 heavy (non-hydrogen) atoms. The third kappa shape index (κ3) is 5.65. The molecule has 3 aromatic carbocycles. The van der Waals surface area contributed by atoms with E-state index in [1.807, 2.05) is 43.3 Å². The summed E-state index contributed by atoms with van der Waals surface area (Å²) in [4.78, 5) is 29.9. The van der Waals surface area contributed by atoms with Crippen LogP contribution in [-0.2, 0) is 9.53 Å². The lowest BCUT2D eigenvalue weighted by Crippen LogP contribution is -2.08. The van der Waals surface area contributed by atoms with Gasteiger partial charge in [0.2, 0.25) is 5.90 Å². The highest BCUT2D eigenvalue weighted by molar-refractivity contribution is 7.21. The van der Waals surface area contributed by atoms with Crippen molar-refractivity contribution in [3.63, 3.8) is 0 Å². The second-order valence-electron chi connectivity index (χ2n) is 8.03. The zero-order valence-corrected chi connectivity index (χ0v) is 22.3. The van der Waals surface area contributed by atoms with Crippen molar-refractivity contribution >= 4 is 74.6 Å². The average molecular weight is 564 g/mol.